The quantitative estimate of drug-likeness (QED) is 0.388. The second kappa shape index (κ2) is 12.8. The van der Waals surface area contributed by atoms with Gasteiger partial charge in [-0.3, -0.25) is 9.80 Å². The Labute approximate surface area is 174 Å². The zero-order chi connectivity index (χ0) is 21.0. The van der Waals surface area contributed by atoms with E-state index in [0.29, 0.717) is 19.8 Å². The number of hydrogen-bond donors (Lipinski definition) is 0. The number of piperazine rings is 1. The Morgan fingerprint density at radius 1 is 0.862 bits per heavy atom. The third-order valence-electron chi connectivity index (χ3n) is 4.45. The van der Waals surface area contributed by atoms with Gasteiger partial charge in [0.05, 0.1) is 19.8 Å². The van der Waals surface area contributed by atoms with E-state index < -0.39 is 5.60 Å². The van der Waals surface area contributed by atoms with Gasteiger partial charge in [0.15, 0.2) is 0 Å². The number of hydrogen-bond acceptors (Lipinski definition) is 7. The molecule has 1 aliphatic heterocycles. The van der Waals surface area contributed by atoms with Crippen LogP contribution in [0.4, 0.5) is 0 Å². The van der Waals surface area contributed by atoms with E-state index in [4.69, 9.17) is 18.9 Å². The highest BCUT2D eigenvalue weighted by molar-refractivity contribution is 5.71. The van der Waals surface area contributed by atoms with Crippen LogP contribution in [0.2, 0.25) is 0 Å². The first-order chi connectivity index (χ1) is 13.9. The van der Waals surface area contributed by atoms with Gasteiger partial charge in [-0.15, -0.1) is 0 Å². The van der Waals surface area contributed by atoms with E-state index in [0.717, 1.165) is 51.6 Å². The highest BCUT2D eigenvalue weighted by atomic mass is 16.6. The van der Waals surface area contributed by atoms with Gasteiger partial charge in [-0.25, -0.2) is 4.79 Å². The Bertz CT molecular complexity index is 568. The molecule has 1 heterocycles. The minimum Gasteiger partial charge on any atom is -0.492 e. The lowest BCUT2D eigenvalue weighted by Gasteiger charge is -2.34. The van der Waals surface area contributed by atoms with E-state index in [1.807, 2.05) is 51.1 Å². The maximum Gasteiger partial charge on any atom is 0.332 e. The summed E-state index contributed by atoms with van der Waals surface area (Å²) in [5.41, 5.74) is -0.476. The van der Waals surface area contributed by atoms with Crippen molar-refractivity contribution >= 4 is 5.97 Å². The maximum absolute atomic E-state index is 11.5. The summed E-state index contributed by atoms with van der Waals surface area (Å²) >= 11 is 0. The van der Waals surface area contributed by atoms with Crippen LogP contribution in [0.1, 0.15) is 20.8 Å². The fourth-order valence-electron chi connectivity index (χ4n) is 2.99. The fraction of sp³-hybridized carbons (Fsp3) is 0.682. The zero-order valence-electron chi connectivity index (χ0n) is 18.1. The molecule has 0 aliphatic carbocycles. The van der Waals surface area contributed by atoms with Crippen molar-refractivity contribution < 1.29 is 23.7 Å². The third-order valence-corrected chi connectivity index (χ3v) is 4.45. The standard InChI is InChI=1S/C22H36N2O5/c1-22(2,3)29-21(25)19-27-18-17-26-15-13-23-9-11-24(12-10-23)14-16-28-20-7-5-4-6-8-20/h4-8H,9-19H2,1-3H3. The highest BCUT2D eigenvalue weighted by Crippen LogP contribution is 2.09. The van der Waals surface area contributed by atoms with Crippen LogP contribution in [0.25, 0.3) is 0 Å². The van der Waals surface area contributed by atoms with Gasteiger partial charge in [-0.2, -0.15) is 0 Å². The molecule has 0 unspecified atom stereocenters. The molecule has 1 fully saturated rings. The van der Waals surface area contributed by atoms with E-state index in [1.165, 1.54) is 0 Å². The molecular weight excluding hydrogens is 372 g/mol. The number of esters is 1. The second-order valence-electron chi connectivity index (χ2n) is 8.10. The van der Waals surface area contributed by atoms with Gasteiger partial charge in [0.25, 0.3) is 0 Å². The van der Waals surface area contributed by atoms with Crippen molar-refractivity contribution in [3.8, 4) is 5.75 Å². The predicted octanol–water partition coefficient (Wildman–Crippen LogP) is 2.06. The normalized spacial score (nSPS) is 16.0. The molecule has 0 atom stereocenters. The molecule has 0 bridgehead atoms. The van der Waals surface area contributed by atoms with Crippen molar-refractivity contribution in [2.24, 2.45) is 0 Å². The van der Waals surface area contributed by atoms with Gasteiger partial charge in [0, 0.05) is 39.3 Å². The number of para-hydroxylation sites is 1. The van der Waals surface area contributed by atoms with Crippen LogP contribution in [-0.2, 0) is 19.0 Å². The van der Waals surface area contributed by atoms with Crippen LogP contribution in [0.5, 0.6) is 5.75 Å². The molecule has 7 heteroatoms. The predicted molar refractivity (Wildman–Crippen MR) is 112 cm³/mol. The lowest BCUT2D eigenvalue weighted by Crippen LogP contribution is -2.48. The van der Waals surface area contributed by atoms with Gasteiger partial charge in [0.2, 0.25) is 0 Å². The molecule has 0 radical (unpaired) electrons. The molecule has 1 aromatic rings. The summed E-state index contributed by atoms with van der Waals surface area (Å²) < 4.78 is 21.8. The van der Waals surface area contributed by atoms with Crippen LogP contribution in [-0.4, -0.2) is 93.7 Å². The molecule has 7 nitrogen and oxygen atoms in total. The number of rotatable bonds is 12. The summed E-state index contributed by atoms with van der Waals surface area (Å²) in [5.74, 6) is 0.586. The first kappa shape index (κ1) is 23.6. The van der Waals surface area contributed by atoms with Crippen LogP contribution in [0.15, 0.2) is 30.3 Å². The van der Waals surface area contributed by atoms with E-state index in [2.05, 4.69) is 9.80 Å². The van der Waals surface area contributed by atoms with Crippen LogP contribution in [0.3, 0.4) is 0 Å². The summed E-state index contributed by atoms with van der Waals surface area (Å²) in [6, 6.07) is 9.95. The van der Waals surface area contributed by atoms with Gasteiger partial charge < -0.3 is 18.9 Å². The van der Waals surface area contributed by atoms with Crippen LogP contribution < -0.4 is 4.74 Å². The molecule has 0 spiro atoms. The number of ether oxygens (including phenoxy) is 4. The van der Waals surface area contributed by atoms with Crippen molar-refractivity contribution in [2.75, 3.05) is 72.3 Å². The second-order valence-corrected chi connectivity index (χ2v) is 8.10. The van der Waals surface area contributed by atoms with Gasteiger partial charge >= 0.3 is 5.97 Å². The Hall–Kier alpha value is -1.67. The minimum atomic E-state index is -0.476. The largest absolute Gasteiger partial charge is 0.492 e. The SMILES string of the molecule is CC(C)(C)OC(=O)COCCOCCN1CCN(CCOc2ccccc2)CC1. The summed E-state index contributed by atoms with van der Waals surface area (Å²) in [5, 5.41) is 0. The maximum atomic E-state index is 11.5. The van der Waals surface area contributed by atoms with E-state index >= 15 is 0 Å². The van der Waals surface area contributed by atoms with E-state index in [-0.39, 0.29) is 12.6 Å². The molecule has 2 rings (SSSR count). The van der Waals surface area contributed by atoms with Gasteiger partial charge in [-0.05, 0) is 32.9 Å². The molecule has 29 heavy (non-hydrogen) atoms. The zero-order valence-corrected chi connectivity index (χ0v) is 18.1. The lowest BCUT2D eigenvalue weighted by molar-refractivity contribution is -0.160. The van der Waals surface area contributed by atoms with Crippen molar-refractivity contribution in [3.63, 3.8) is 0 Å². The first-order valence-corrected chi connectivity index (χ1v) is 10.4. The topological polar surface area (TPSA) is 60.5 Å². The van der Waals surface area contributed by atoms with Crippen molar-refractivity contribution in [1.82, 2.24) is 9.80 Å². The molecule has 1 aromatic carbocycles. The van der Waals surface area contributed by atoms with Crippen molar-refractivity contribution in [1.29, 1.82) is 0 Å². The summed E-state index contributed by atoms with van der Waals surface area (Å²) in [7, 11) is 0. The number of benzene rings is 1. The Morgan fingerprint density at radius 3 is 2.07 bits per heavy atom. The number of nitrogens with zero attached hydrogens (tertiary/aromatic N) is 2. The van der Waals surface area contributed by atoms with Gasteiger partial charge in [0.1, 0.15) is 24.6 Å². The van der Waals surface area contributed by atoms with E-state index in [9.17, 15) is 4.79 Å². The molecule has 1 aliphatic rings. The van der Waals surface area contributed by atoms with Gasteiger partial charge in [-0.1, -0.05) is 18.2 Å². The third kappa shape index (κ3) is 11.2. The molecule has 0 saturated carbocycles. The highest BCUT2D eigenvalue weighted by Gasteiger charge is 2.17. The summed E-state index contributed by atoms with van der Waals surface area (Å²) in [4.78, 5) is 16.4. The smallest absolute Gasteiger partial charge is 0.332 e. The van der Waals surface area contributed by atoms with Crippen molar-refractivity contribution in [3.05, 3.63) is 30.3 Å². The first-order valence-electron chi connectivity index (χ1n) is 10.4. The summed E-state index contributed by atoms with van der Waals surface area (Å²) in [6.45, 7) is 13.8. The van der Waals surface area contributed by atoms with E-state index in [1.54, 1.807) is 0 Å². The monoisotopic (exact) mass is 408 g/mol. The fourth-order valence-corrected chi connectivity index (χ4v) is 2.99. The Kier molecular flexibility index (Phi) is 10.4. The van der Waals surface area contributed by atoms with Crippen LogP contribution in [0, 0.1) is 0 Å². The molecule has 1 saturated heterocycles. The molecular formula is C22H36N2O5. The van der Waals surface area contributed by atoms with Crippen LogP contribution >= 0.6 is 0 Å². The Morgan fingerprint density at radius 2 is 1.45 bits per heavy atom. The minimum absolute atomic E-state index is 0.0312. The Balaban J connectivity index is 1.41. The average molecular weight is 409 g/mol. The number of carbonyl (C=O) groups is 1. The number of carbonyl (C=O) groups excluding carboxylic acids is 1. The molecule has 0 N–H and O–H groups in total. The molecule has 164 valence electrons. The lowest BCUT2D eigenvalue weighted by atomic mass is 10.2. The molecule has 0 aromatic heterocycles. The summed E-state index contributed by atoms with van der Waals surface area (Å²) in [6.07, 6.45) is 0. The average Bonchev–Trinajstić information content (AvgIpc) is 2.68. The molecule has 0 amide bonds. The van der Waals surface area contributed by atoms with Crippen molar-refractivity contribution in [2.45, 2.75) is 26.4 Å².